The number of hydrogen-bond donors (Lipinski definition) is 2. The van der Waals surface area contributed by atoms with Crippen molar-refractivity contribution in [2.75, 3.05) is 6.54 Å². The fourth-order valence-electron chi connectivity index (χ4n) is 2.56. The second kappa shape index (κ2) is 11.4. The first kappa shape index (κ1) is 24.4. The number of benzene rings is 1. The summed E-state index contributed by atoms with van der Waals surface area (Å²) in [5.74, 6) is 0.818. The highest BCUT2D eigenvalue weighted by atomic mass is 32.2. The molecule has 0 aliphatic rings. The Balaban J connectivity index is 2.85. The van der Waals surface area contributed by atoms with Crippen LogP contribution in [0.5, 0.6) is 0 Å². The molecule has 0 heterocycles. The monoisotopic (exact) mass is 417 g/mol. The van der Waals surface area contributed by atoms with E-state index in [1.807, 2.05) is 12.1 Å². The minimum absolute atomic E-state index is 0.214. The molecule has 1 rings (SSSR count). The van der Waals surface area contributed by atoms with Gasteiger partial charge in [0.2, 0.25) is 0 Å². The first-order valence-corrected chi connectivity index (χ1v) is 11.0. The average molecular weight is 418 g/mol. The molecular formula is C23H35N3S2. The normalized spacial score (nSPS) is 13.9. The van der Waals surface area contributed by atoms with Crippen molar-refractivity contribution < 1.29 is 0 Å². The van der Waals surface area contributed by atoms with Crippen LogP contribution >= 0.6 is 24.0 Å². The molecule has 0 aromatic heterocycles. The van der Waals surface area contributed by atoms with Crippen LogP contribution in [0.4, 0.5) is 0 Å². The zero-order valence-corrected chi connectivity index (χ0v) is 19.8. The van der Waals surface area contributed by atoms with E-state index >= 15 is 0 Å². The van der Waals surface area contributed by atoms with E-state index in [4.69, 9.17) is 18.0 Å². The molecule has 0 aliphatic carbocycles. The molecule has 1 aromatic rings. The predicted octanol–water partition coefficient (Wildman–Crippen LogP) is 6.24. The quantitative estimate of drug-likeness (QED) is 0.173. The summed E-state index contributed by atoms with van der Waals surface area (Å²) >= 11 is 6.88. The van der Waals surface area contributed by atoms with Gasteiger partial charge in [0.1, 0.15) is 5.84 Å². The fraction of sp³-hybridized carbons (Fsp3) is 0.478. The molecule has 0 saturated carbocycles. The number of rotatable bonds is 8. The van der Waals surface area contributed by atoms with E-state index in [1.165, 1.54) is 17.3 Å². The van der Waals surface area contributed by atoms with Crippen molar-refractivity contribution in [1.82, 2.24) is 5.32 Å². The van der Waals surface area contributed by atoms with Crippen molar-refractivity contribution in [3.8, 4) is 0 Å². The number of thioether (sulfide) groups is 1. The molecule has 5 heteroatoms. The summed E-state index contributed by atoms with van der Waals surface area (Å²) in [5.41, 5.74) is 9.71. The van der Waals surface area contributed by atoms with Crippen LogP contribution in [0.1, 0.15) is 53.0 Å². The topological polar surface area (TPSA) is 50.4 Å². The number of nitrogens with one attached hydrogen (secondary N) is 1. The summed E-state index contributed by atoms with van der Waals surface area (Å²) in [6.45, 7) is 17.9. The maximum atomic E-state index is 6.30. The summed E-state index contributed by atoms with van der Waals surface area (Å²) in [6.07, 6.45) is 4.11. The van der Waals surface area contributed by atoms with Crippen LogP contribution in [0, 0.1) is 18.3 Å². The predicted molar refractivity (Wildman–Crippen MR) is 130 cm³/mol. The van der Waals surface area contributed by atoms with E-state index in [0.29, 0.717) is 22.6 Å². The highest BCUT2D eigenvalue weighted by molar-refractivity contribution is 8.23. The van der Waals surface area contributed by atoms with Crippen molar-refractivity contribution in [2.45, 2.75) is 59.3 Å². The van der Waals surface area contributed by atoms with Gasteiger partial charge in [-0.25, -0.2) is 4.99 Å². The fourth-order valence-corrected chi connectivity index (χ4v) is 3.56. The number of amidine groups is 1. The van der Waals surface area contributed by atoms with Crippen molar-refractivity contribution in [3.05, 3.63) is 53.8 Å². The molecule has 0 aliphatic heterocycles. The molecule has 0 spiro atoms. The zero-order chi connectivity index (χ0) is 21.3. The molecule has 0 bridgehead atoms. The van der Waals surface area contributed by atoms with Gasteiger partial charge in [-0.3, -0.25) is 0 Å². The maximum absolute atomic E-state index is 6.30. The Morgan fingerprint density at radius 1 is 1.32 bits per heavy atom. The number of allylic oxidation sites excluding steroid dienone is 1. The third-order valence-corrected chi connectivity index (χ3v) is 5.23. The van der Waals surface area contributed by atoms with Gasteiger partial charge in [0.05, 0.1) is 5.70 Å². The maximum Gasteiger partial charge on any atom is 0.166 e. The third-order valence-electron chi connectivity index (χ3n) is 4.12. The Kier molecular flexibility index (Phi) is 9.97. The molecule has 1 aromatic carbocycles. The number of aliphatic imine (C=N–C) groups is 1. The Bertz CT molecular complexity index is 725. The van der Waals surface area contributed by atoms with Gasteiger partial charge in [-0.1, -0.05) is 101 Å². The molecule has 1 atom stereocenters. The molecule has 1 unspecified atom stereocenters. The number of thiocarbonyl (C=S) groups is 1. The molecule has 154 valence electrons. The Hall–Kier alpha value is -1.59. The van der Waals surface area contributed by atoms with E-state index in [9.17, 15) is 0 Å². The van der Waals surface area contributed by atoms with E-state index in [2.05, 4.69) is 76.6 Å². The lowest BCUT2D eigenvalue weighted by Gasteiger charge is -2.21. The van der Waals surface area contributed by atoms with E-state index < -0.39 is 0 Å². The Morgan fingerprint density at radius 3 is 2.46 bits per heavy atom. The van der Waals surface area contributed by atoms with Crippen LogP contribution in [-0.4, -0.2) is 16.7 Å². The van der Waals surface area contributed by atoms with Crippen LogP contribution in [-0.2, 0) is 0 Å². The summed E-state index contributed by atoms with van der Waals surface area (Å²) in [7, 11) is 0. The summed E-state index contributed by atoms with van der Waals surface area (Å²) in [5, 5.41) is 3.42. The lowest BCUT2D eigenvalue weighted by atomic mass is 9.88. The van der Waals surface area contributed by atoms with Gasteiger partial charge in [-0.15, -0.1) is 0 Å². The highest BCUT2D eigenvalue weighted by Gasteiger charge is 2.13. The molecule has 0 saturated heterocycles. The molecule has 0 amide bonds. The summed E-state index contributed by atoms with van der Waals surface area (Å²) < 4.78 is 0.506. The molecule has 0 fully saturated rings. The molecule has 3 N–H and O–H groups in total. The first-order valence-electron chi connectivity index (χ1n) is 9.75. The lowest BCUT2D eigenvalue weighted by Crippen LogP contribution is -2.29. The second-order valence-electron chi connectivity index (χ2n) is 8.48. The zero-order valence-electron chi connectivity index (χ0n) is 18.1. The van der Waals surface area contributed by atoms with Gasteiger partial charge in [0.25, 0.3) is 0 Å². The van der Waals surface area contributed by atoms with Gasteiger partial charge < -0.3 is 11.1 Å². The van der Waals surface area contributed by atoms with Gasteiger partial charge >= 0.3 is 0 Å². The number of hydrogen-bond acceptors (Lipinski definition) is 3. The minimum atomic E-state index is 0.214. The standard InChI is InChI=1S/C23H35N3S2/c1-8-16(2)13-20(25-15-18(4)14-23(5,6)7)21(24)26-22(27)28-19-11-9-17(3)10-12-19/h9-13,16,25H,4,8,14-15H2,1-3,5-7H3,(H2,24,26,27)/b20-13-. The van der Waals surface area contributed by atoms with E-state index in [1.54, 1.807) is 0 Å². The molecule has 0 radical (unpaired) electrons. The van der Waals surface area contributed by atoms with Crippen LogP contribution in [0.3, 0.4) is 0 Å². The van der Waals surface area contributed by atoms with Crippen molar-refractivity contribution in [2.24, 2.45) is 22.1 Å². The lowest BCUT2D eigenvalue weighted by molar-refractivity contribution is 0.406. The number of nitrogens with zero attached hydrogens (tertiary/aromatic N) is 1. The molecule has 28 heavy (non-hydrogen) atoms. The Labute approximate surface area is 181 Å². The molecular weight excluding hydrogens is 382 g/mol. The van der Waals surface area contributed by atoms with Crippen LogP contribution in [0.25, 0.3) is 0 Å². The molecule has 3 nitrogen and oxygen atoms in total. The van der Waals surface area contributed by atoms with Crippen molar-refractivity contribution in [1.29, 1.82) is 0 Å². The number of nitrogens with two attached hydrogens (primary N) is 1. The third kappa shape index (κ3) is 10.1. The number of aryl methyl sites for hydroxylation is 1. The van der Waals surface area contributed by atoms with Crippen molar-refractivity contribution in [3.63, 3.8) is 0 Å². The van der Waals surface area contributed by atoms with Crippen LogP contribution in [0.2, 0.25) is 0 Å². The van der Waals surface area contributed by atoms with E-state index in [-0.39, 0.29) is 5.41 Å². The smallest absolute Gasteiger partial charge is 0.166 e. The average Bonchev–Trinajstić information content (AvgIpc) is 2.58. The van der Waals surface area contributed by atoms with Gasteiger partial charge in [-0.2, -0.15) is 0 Å². The summed E-state index contributed by atoms with van der Waals surface area (Å²) in [4.78, 5) is 5.52. The SMILES string of the molecule is C=C(CNC(=C\C(C)CC)/C(N)=N/C(=S)Sc1ccc(C)cc1)CC(C)(C)C. The first-order chi connectivity index (χ1) is 13.0. The highest BCUT2D eigenvalue weighted by Crippen LogP contribution is 2.23. The van der Waals surface area contributed by atoms with Crippen LogP contribution in [0.15, 0.2) is 58.1 Å². The van der Waals surface area contributed by atoms with Gasteiger partial charge in [0, 0.05) is 11.4 Å². The Morgan fingerprint density at radius 2 is 1.93 bits per heavy atom. The summed E-state index contributed by atoms with van der Waals surface area (Å²) in [6, 6.07) is 8.22. The van der Waals surface area contributed by atoms with Gasteiger partial charge in [-0.05, 0) is 36.8 Å². The van der Waals surface area contributed by atoms with Crippen LogP contribution < -0.4 is 11.1 Å². The van der Waals surface area contributed by atoms with Crippen molar-refractivity contribution >= 4 is 34.1 Å². The van der Waals surface area contributed by atoms with E-state index in [0.717, 1.165) is 29.0 Å². The van der Waals surface area contributed by atoms with Gasteiger partial charge in [0.15, 0.2) is 4.32 Å². The minimum Gasteiger partial charge on any atom is -0.382 e. The largest absolute Gasteiger partial charge is 0.382 e. The second-order valence-corrected chi connectivity index (χ2v) is 10.2.